The van der Waals surface area contributed by atoms with E-state index in [1.165, 1.54) is 12.0 Å². The molecule has 1 aliphatic carbocycles. The van der Waals surface area contributed by atoms with Crippen molar-refractivity contribution in [2.45, 2.75) is 43.7 Å². The second-order valence-corrected chi connectivity index (χ2v) is 5.46. The minimum absolute atomic E-state index is 0.161. The van der Waals surface area contributed by atoms with Gasteiger partial charge in [0.25, 0.3) is 0 Å². The largest absolute Gasteiger partial charge is 0.488 e. The molecule has 0 radical (unpaired) electrons. The molecule has 0 spiro atoms. The quantitative estimate of drug-likeness (QED) is 0.893. The Morgan fingerprint density at radius 2 is 2.06 bits per heavy atom. The smallest absolute Gasteiger partial charge is 0.124 e. The van der Waals surface area contributed by atoms with Crippen LogP contribution in [0.25, 0.3) is 0 Å². The van der Waals surface area contributed by atoms with Crippen molar-refractivity contribution in [2.75, 3.05) is 13.2 Å². The number of rotatable bonds is 3. The van der Waals surface area contributed by atoms with Gasteiger partial charge in [0.2, 0.25) is 0 Å². The lowest BCUT2D eigenvalue weighted by Crippen LogP contribution is -2.43. The van der Waals surface area contributed by atoms with Crippen molar-refractivity contribution in [3.8, 4) is 5.75 Å². The van der Waals surface area contributed by atoms with Crippen LogP contribution in [0.5, 0.6) is 5.75 Å². The van der Waals surface area contributed by atoms with Crippen LogP contribution < -0.4 is 10.5 Å². The van der Waals surface area contributed by atoms with Gasteiger partial charge in [0.1, 0.15) is 11.9 Å². The normalized spacial score (nSPS) is 26.4. The highest BCUT2D eigenvalue weighted by molar-refractivity contribution is 5.40. The van der Waals surface area contributed by atoms with Crippen molar-refractivity contribution >= 4 is 0 Å². The van der Waals surface area contributed by atoms with Crippen molar-refractivity contribution in [1.29, 1.82) is 0 Å². The van der Waals surface area contributed by atoms with Crippen LogP contribution in [-0.4, -0.2) is 19.3 Å². The third-order valence-electron chi connectivity index (χ3n) is 4.08. The van der Waals surface area contributed by atoms with E-state index in [2.05, 4.69) is 6.07 Å². The maximum Gasteiger partial charge on any atom is 0.124 e. The van der Waals surface area contributed by atoms with E-state index >= 15 is 0 Å². The van der Waals surface area contributed by atoms with Gasteiger partial charge in [0, 0.05) is 17.7 Å². The summed E-state index contributed by atoms with van der Waals surface area (Å²) in [5, 5.41) is 0. The minimum Gasteiger partial charge on any atom is -0.488 e. The van der Waals surface area contributed by atoms with Crippen LogP contribution in [0.1, 0.15) is 37.7 Å². The molecule has 1 aliphatic heterocycles. The molecule has 1 unspecified atom stereocenters. The predicted octanol–water partition coefficient (Wildman–Crippen LogP) is 2.58. The predicted molar refractivity (Wildman–Crippen MR) is 70.6 cm³/mol. The van der Waals surface area contributed by atoms with Crippen LogP contribution in [-0.2, 0) is 10.3 Å². The number of hydrogen-bond donors (Lipinski definition) is 1. The number of ether oxygens (including phenoxy) is 2. The zero-order valence-corrected chi connectivity index (χ0v) is 10.7. The molecule has 2 N–H and O–H groups in total. The summed E-state index contributed by atoms with van der Waals surface area (Å²) in [6, 6.07) is 8.21. The van der Waals surface area contributed by atoms with E-state index in [1.54, 1.807) is 0 Å². The molecule has 1 aromatic carbocycles. The minimum atomic E-state index is -0.161. The molecule has 0 bridgehead atoms. The molecular formula is C15H21NO2. The first-order valence-corrected chi connectivity index (χ1v) is 6.91. The molecule has 2 aliphatic rings. The first-order chi connectivity index (χ1) is 8.78. The third kappa shape index (κ3) is 2.25. The lowest BCUT2D eigenvalue weighted by atomic mass is 9.72. The molecule has 18 heavy (non-hydrogen) atoms. The summed E-state index contributed by atoms with van der Waals surface area (Å²) in [6.07, 6.45) is 5.69. The monoisotopic (exact) mass is 247 g/mol. The SMILES string of the molecule is NC1(c2ccccc2OC2CCCOC2)CCC1. The highest BCUT2D eigenvalue weighted by atomic mass is 16.5. The molecule has 3 nitrogen and oxygen atoms in total. The zero-order valence-electron chi connectivity index (χ0n) is 10.7. The molecule has 0 aromatic heterocycles. The lowest BCUT2D eigenvalue weighted by molar-refractivity contribution is 0.00612. The fourth-order valence-electron chi connectivity index (χ4n) is 2.79. The van der Waals surface area contributed by atoms with Crippen molar-refractivity contribution < 1.29 is 9.47 Å². The van der Waals surface area contributed by atoms with Crippen LogP contribution >= 0.6 is 0 Å². The Bertz CT molecular complexity index is 409. The van der Waals surface area contributed by atoms with E-state index in [9.17, 15) is 0 Å². The van der Waals surface area contributed by atoms with Gasteiger partial charge in [-0.15, -0.1) is 0 Å². The Morgan fingerprint density at radius 1 is 1.22 bits per heavy atom. The van der Waals surface area contributed by atoms with Gasteiger partial charge in [0.05, 0.1) is 6.61 Å². The third-order valence-corrected chi connectivity index (χ3v) is 4.08. The maximum atomic E-state index is 6.42. The molecule has 1 aromatic rings. The number of hydrogen-bond acceptors (Lipinski definition) is 3. The second-order valence-electron chi connectivity index (χ2n) is 5.46. The topological polar surface area (TPSA) is 44.5 Å². The van der Waals surface area contributed by atoms with Gasteiger partial charge in [-0.3, -0.25) is 0 Å². The molecule has 2 fully saturated rings. The molecule has 1 saturated heterocycles. The van der Waals surface area contributed by atoms with Crippen LogP contribution in [0.2, 0.25) is 0 Å². The van der Waals surface area contributed by atoms with E-state index in [4.69, 9.17) is 15.2 Å². The molecule has 3 heteroatoms. The summed E-state index contributed by atoms with van der Waals surface area (Å²) in [5.41, 5.74) is 7.43. The Morgan fingerprint density at radius 3 is 2.72 bits per heavy atom. The first kappa shape index (κ1) is 12.0. The summed E-state index contributed by atoms with van der Waals surface area (Å²) in [7, 11) is 0. The Kier molecular flexibility index (Phi) is 3.27. The van der Waals surface area contributed by atoms with E-state index in [0.29, 0.717) is 6.61 Å². The number of benzene rings is 1. The van der Waals surface area contributed by atoms with E-state index in [-0.39, 0.29) is 11.6 Å². The van der Waals surface area contributed by atoms with Gasteiger partial charge in [-0.2, -0.15) is 0 Å². The van der Waals surface area contributed by atoms with Gasteiger partial charge in [0.15, 0.2) is 0 Å². The fourth-order valence-corrected chi connectivity index (χ4v) is 2.79. The van der Waals surface area contributed by atoms with Gasteiger partial charge >= 0.3 is 0 Å². The summed E-state index contributed by atoms with van der Waals surface area (Å²) < 4.78 is 11.6. The van der Waals surface area contributed by atoms with E-state index in [0.717, 1.165) is 38.0 Å². The molecule has 1 atom stereocenters. The Hall–Kier alpha value is -1.06. The standard InChI is InChI=1S/C15H21NO2/c16-15(8-4-9-15)13-6-1-2-7-14(13)18-12-5-3-10-17-11-12/h1-2,6-7,12H,3-5,8-11,16H2. The van der Waals surface area contributed by atoms with Crippen molar-refractivity contribution in [3.63, 3.8) is 0 Å². The second kappa shape index (κ2) is 4.90. The Balaban J connectivity index is 1.78. The highest BCUT2D eigenvalue weighted by Crippen LogP contribution is 2.42. The van der Waals surface area contributed by atoms with Crippen LogP contribution in [0, 0.1) is 0 Å². The van der Waals surface area contributed by atoms with E-state index in [1.807, 2.05) is 18.2 Å². The van der Waals surface area contributed by atoms with Crippen molar-refractivity contribution in [2.24, 2.45) is 5.73 Å². The molecule has 98 valence electrons. The molecule has 1 saturated carbocycles. The maximum absolute atomic E-state index is 6.42. The van der Waals surface area contributed by atoms with Gasteiger partial charge in [-0.25, -0.2) is 0 Å². The summed E-state index contributed by atoms with van der Waals surface area (Å²) in [5.74, 6) is 0.954. The zero-order chi connectivity index (χ0) is 12.4. The first-order valence-electron chi connectivity index (χ1n) is 6.91. The highest BCUT2D eigenvalue weighted by Gasteiger charge is 2.36. The fraction of sp³-hybridized carbons (Fsp3) is 0.600. The summed E-state index contributed by atoms with van der Waals surface area (Å²) in [4.78, 5) is 0. The van der Waals surface area contributed by atoms with Gasteiger partial charge < -0.3 is 15.2 Å². The van der Waals surface area contributed by atoms with E-state index < -0.39 is 0 Å². The van der Waals surface area contributed by atoms with Crippen LogP contribution in [0.4, 0.5) is 0 Å². The van der Waals surface area contributed by atoms with Crippen LogP contribution in [0.3, 0.4) is 0 Å². The lowest BCUT2D eigenvalue weighted by Gasteiger charge is -2.40. The van der Waals surface area contributed by atoms with Gasteiger partial charge in [-0.1, -0.05) is 18.2 Å². The molecule has 1 heterocycles. The van der Waals surface area contributed by atoms with Crippen molar-refractivity contribution in [3.05, 3.63) is 29.8 Å². The molecule has 0 amide bonds. The van der Waals surface area contributed by atoms with Crippen molar-refractivity contribution in [1.82, 2.24) is 0 Å². The summed E-state index contributed by atoms with van der Waals surface area (Å²) >= 11 is 0. The molecule has 3 rings (SSSR count). The number of nitrogens with two attached hydrogens (primary N) is 1. The Labute approximate surface area is 108 Å². The average molecular weight is 247 g/mol. The molecular weight excluding hydrogens is 226 g/mol. The van der Waals surface area contributed by atoms with Crippen LogP contribution in [0.15, 0.2) is 24.3 Å². The number of para-hydroxylation sites is 1. The summed E-state index contributed by atoms with van der Waals surface area (Å²) in [6.45, 7) is 1.56. The van der Waals surface area contributed by atoms with Gasteiger partial charge in [-0.05, 0) is 38.2 Å². The average Bonchev–Trinajstić information content (AvgIpc) is 2.38.